The molecule has 16 heavy (non-hydrogen) atoms. The van der Waals surface area contributed by atoms with Crippen LogP contribution in [0.1, 0.15) is 26.7 Å². The van der Waals surface area contributed by atoms with E-state index in [2.05, 4.69) is 24.1 Å². The fourth-order valence-electron chi connectivity index (χ4n) is 3.02. The maximum absolute atomic E-state index is 9.86. The highest BCUT2D eigenvalue weighted by molar-refractivity contribution is 5.85. The van der Waals surface area contributed by atoms with Crippen LogP contribution in [0.4, 0.5) is 0 Å². The van der Waals surface area contributed by atoms with Crippen molar-refractivity contribution < 1.29 is 5.11 Å². The Morgan fingerprint density at radius 1 is 1.44 bits per heavy atom. The van der Waals surface area contributed by atoms with E-state index in [4.69, 9.17) is 0 Å². The van der Waals surface area contributed by atoms with Crippen LogP contribution in [0.5, 0.6) is 0 Å². The van der Waals surface area contributed by atoms with Crippen molar-refractivity contribution in [3.63, 3.8) is 0 Å². The first-order valence-electron chi connectivity index (χ1n) is 6.24. The largest absolute Gasteiger partial charge is 0.391 e. The predicted molar refractivity (Wildman–Crippen MR) is 69.1 cm³/mol. The molecule has 2 aliphatic rings. The molecule has 3 unspecified atom stereocenters. The number of aliphatic hydroxyl groups excluding tert-OH is 1. The summed E-state index contributed by atoms with van der Waals surface area (Å²) >= 11 is 0. The highest BCUT2D eigenvalue weighted by Gasteiger charge is 2.36. The van der Waals surface area contributed by atoms with Crippen LogP contribution in [0, 0.1) is 11.3 Å². The molecule has 0 saturated carbocycles. The molecule has 2 aliphatic heterocycles. The number of aliphatic hydroxyl groups is 1. The average Bonchev–Trinajstić information content (AvgIpc) is 2.73. The Morgan fingerprint density at radius 3 is 2.69 bits per heavy atom. The van der Waals surface area contributed by atoms with Crippen LogP contribution in [-0.4, -0.2) is 48.8 Å². The Balaban J connectivity index is 0.00000128. The first-order valence-corrected chi connectivity index (χ1v) is 6.24. The summed E-state index contributed by atoms with van der Waals surface area (Å²) in [5.41, 5.74) is 0.433. The molecule has 0 aromatic heterocycles. The van der Waals surface area contributed by atoms with Gasteiger partial charge in [-0.2, -0.15) is 0 Å². The third kappa shape index (κ3) is 3.10. The molecule has 3 atom stereocenters. The fourth-order valence-corrected chi connectivity index (χ4v) is 3.02. The summed E-state index contributed by atoms with van der Waals surface area (Å²) in [7, 11) is 0. The van der Waals surface area contributed by atoms with E-state index < -0.39 is 0 Å². The molecule has 0 spiro atoms. The lowest BCUT2D eigenvalue weighted by Gasteiger charge is -2.28. The van der Waals surface area contributed by atoms with Crippen LogP contribution < -0.4 is 5.32 Å². The van der Waals surface area contributed by atoms with Crippen LogP contribution in [0.2, 0.25) is 0 Å². The van der Waals surface area contributed by atoms with Crippen molar-refractivity contribution in [3.8, 4) is 0 Å². The van der Waals surface area contributed by atoms with Crippen molar-refractivity contribution in [3.05, 3.63) is 0 Å². The first-order chi connectivity index (χ1) is 7.13. The molecule has 0 bridgehead atoms. The first kappa shape index (κ1) is 14.2. The van der Waals surface area contributed by atoms with Gasteiger partial charge < -0.3 is 10.4 Å². The molecule has 3 nitrogen and oxygen atoms in total. The molecule has 0 aliphatic carbocycles. The predicted octanol–water partition coefficient (Wildman–Crippen LogP) is 1.11. The molecule has 2 saturated heterocycles. The zero-order valence-electron chi connectivity index (χ0n) is 10.4. The number of rotatable bonds is 3. The second-order valence-electron chi connectivity index (χ2n) is 5.67. The Kier molecular flexibility index (Phi) is 5.05. The van der Waals surface area contributed by atoms with Crippen LogP contribution >= 0.6 is 12.4 Å². The minimum atomic E-state index is -0.0898. The van der Waals surface area contributed by atoms with Crippen molar-refractivity contribution in [1.82, 2.24) is 10.2 Å². The third-order valence-electron chi connectivity index (χ3n) is 4.07. The summed E-state index contributed by atoms with van der Waals surface area (Å²) in [4.78, 5) is 2.45. The molecule has 0 aromatic carbocycles. The third-order valence-corrected chi connectivity index (χ3v) is 4.07. The van der Waals surface area contributed by atoms with Gasteiger partial charge in [-0.25, -0.2) is 0 Å². The van der Waals surface area contributed by atoms with E-state index in [1.807, 2.05) is 0 Å². The summed E-state index contributed by atoms with van der Waals surface area (Å²) in [6, 6.07) is 0. The minimum Gasteiger partial charge on any atom is -0.391 e. The maximum Gasteiger partial charge on any atom is 0.0707 e. The van der Waals surface area contributed by atoms with Gasteiger partial charge in [0.05, 0.1) is 6.10 Å². The maximum atomic E-state index is 9.86. The second kappa shape index (κ2) is 5.67. The smallest absolute Gasteiger partial charge is 0.0707 e. The van der Waals surface area contributed by atoms with E-state index in [0.717, 1.165) is 39.1 Å². The van der Waals surface area contributed by atoms with Gasteiger partial charge in [0.15, 0.2) is 0 Å². The van der Waals surface area contributed by atoms with Crippen molar-refractivity contribution in [2.45, 2.75) is 32.8 Å². The van der Waals surface area contributed by atoms with Crippen molar-refractivity contribution >= 4 is 12.4 Å². The fraction of sp³-hybridized carbons (Fsp3) is 1.00. The molecule has 0 aromatic rings. The Bertz CT molecular complexity index is 219. The molecule has 2 rings (SSSR count). The Labute approximate surface area is 105 Å². The van der Waals surface area contributed by atoms with Gasteiger partial charge in [-0.15, -0.1) is 12.4 Å². The molecule has 2 fully saturated rings. The standard InChI is InChI=1S/C12H24N2O.ClH/c1-3-10-6-14(7-11(10)15)9-12(2)4-5-13-8-12;/h10-11,13,15H,3-9H2,1-2H3;1H. The van der Waals surface area contributed by atoms with Gasteiger partial charge >= 0.3 is 0 Å². The highest BCUT2D eigenvalue weighted by Crippen LogP contribution is 2.29. The number of hydrogen-bond acceptors (Lipinski definition) is 3. The highest BCUT2D eigenvalue weighted by atomic mass is 35.5. The number of halogens is 1. The van der Waals surface area contributed by atoms with E-state index in [-0.39, 0.29) is 18.5 Å². The van der Waals surface area contributed by atoms with Crippen LogP contribution in [-0.2, 0) is 0 Å². The number of nitrogens with zero attached hydrogens (tertiary/aromatic N) is 1. The monoisotopic (exact) mass is 248 g/mol. The minimum absolute atomic E-state index is 0. The van der Waals surface area contributed by atoms with E-state index in [9.17, 15) is 5.11 Å². The number of nitrogens with one attached hydrogen (secondary N) is 1. The van der Waals surface area contributed by atoms with Crippen molar-refractivity contribution in [2.24, 2.45) is 11.3 Å². The lowest BCUT2D eigenvalue weighted by Crippen LogP contribution is -2.36. The van der Waals surface area contributed by atoms with Crippen molar-refractivity contribution in [1.29, 1.82) is 0 Å². The van der Waals surface area contributed by atoms with Gasteiger partial charge in [0.1, 0.15) is 0 Å². The zero-order chi connectivity index (χ0) is 10.9. The van der Waals surface area contributed by atoms with Gasteiger partial charge in [-0.3, -0.25) is 4.90 Å². The number of hydrogen-bond donors (Lipinski definition) is 2. The van der Waals surface area contributed by atoms with Gasteiger partial charge in [-0.1, -0.05) is 13.8 Å². The number of β-amino-alcohol motifs (C(OH)–C–C–N with tert-alkyl or cyclic N) is 1. The van der Waals surface area contributed by atoms with Crippen LogP contribution in [0.25, 0.3) is 0 Å². The Morgan fingerprint density at radius 2 is 2.19 bits per heavy atom. The molecule has 2 heterocycles. The van der Waals surface area contributed by atoms with Crippen LogP contribution in [0.15, 0.2) is 0 Å². The van der Waals surface area contributed by atoms with Gasteiger partial charge in [0.25, 0.3) is 0 Å². The van der Waals surface area contributed by atoms with Gasteiger partial charge in [0, 0.05) is 26.2 Å². The quantitative estimate of drug-likeness (QED) is 0.786. The van der Waals surface area contributed by atoms with Crippen LogP contribution in [0.3, 0.4) is 0 Å². The second-order valence-corrected chi connectivity index (χ2v) is 5.67. The van der Waals surface area contributed by atoms with Gasteiger partial charge in [0.2, 0.25) is 0 Å². The SMILES string of the molecule is CCC1CN(CC2(C)CCNC2)CC1O.Cl. The Hall–Kier alpha value is 0.170. The summed E-state index contributed by atoms with van der Waals surface area (Å²) < 4.78 is 0. The number of likely N-dealkylation sites (tertiary alicyclic amines) is 1. The molecule has 4 heteroatoms. The lowest BCUT2D eigenvalue weighted by atomic mass is 9.89. The molecular formula is C12H25ClN2O. The summed E-state index contributed by atoms with van der Waals surface area (Å²) in [5, 5.41) is 13.3. The molecular weight excluding hydrogens is 224 g/mol. The van der Waals surface area contributed by atoms with Gasteiger partial charge in [-0.05, 0) is 30.7 Å². The summed E-state index contributed by atoms with van der Waals surface area (Å²) in [5.74, 6) is 0.503. The molecule has 0 amide bonds. The topological polar surface area (TPSA) is 35.5 Å². The molecule has 2 N–H and O–H groups in total. The van der Waals surface area contributed by atoms with Crippen molar-refractivity contribution in [2.75, 3.05) is 32.7 Å². The lowest BCUT2D eigenvalue weighted by molar-refractivity contribution is 0.134. The molecule has 96 valence electrons. The van der Waals surface area contributed by atoms with E-state index >= 15 is 0 Å². The molecule has 0 radical (unpaired) electrons. The summed E-state index contributed by atoms with van der Waals surface area (Å²) in [6.45, 7) is 9.95. The zero-order valence-corrected chi connectivity index (χ0v) is 11.2. The van der Waals surface area contributed by atoms with E-state index in [1.165, 1.54) is 6.42 Å². The van der Waals surface area contributed by atoms with E-state index in [1.54, 1.807) is 0 Å². The summed E-state index contributed by atoms with van der Waals surface area (Å²) in [6.07, 6.45) is 2.29. The normalized spacial score (nSPS) is 39.9. The average molecular weight is 249 g/mol. The van der Waals surface area contributed by atoms with E-state index in [0.29, 0.717) is 11.3 Å².